The van der Waals surface area contributed by atoms with Crippen molar-refractivity contribution in [3.8, 4) is 11.5 Å². The third kappa shape index (κ3) is 4.76. The molecular weight excluding hydrogens is 566 g/mol. The van der Waals surface area contributed by atoms with Crippen molar-refractivity contribution in [3.05, 3.63) is 69.8 Å². The number of aliphatic hydroxyl groups excluding tert-OH is 1. The summed E-state index contributed by atoms with van der Waals surface area (Å²) >= 11 is 0. The summed E-state index contributed by atoms with van der Waals surface area (Å²) in [6, 6.07) is 9.69. The van der Waals surface area contributed by atoms with Gasteiger partial charge in [0.2, 0.25) is 11.6 Å². The standard InChI is InChI=1S/C33H37N3O8/c1-16-24(32(34)42)30(40)33(43)21(27(16)36(4)5)14-18-13-20-22(35(2)3)15-17(28(38)26(20)29(39)25(18)31(33)41)11-12-23(37)44-19-9-7-6-8-10-19/h6-10,15,18,21,27,38-39,43H,11-14H2,1-5H3,(H2,34,42)/t18-,21-,27+,33+/m0/s1. The summed E-state index contributed by atoms with van der Waals surface area (Å²) in [5.41, 5.74) is 4.33. The minimum atomic E-state index is -2.63. The highest BCUT2D eigenvalue weighted by molar-refractivity contribution is 6.33. The van der Waals surface area contributed by atoms with Gasteiger partial charge in [-0.05, 0) is 81.1 Å². The maximum absolute atomic E-state index is 14.2. The number of esters is 1. The molecule has 3 aliphatic carbocycles. The van der Waals surface area contributed by atoms with Gasteiger partial charge in [-0.3, -0.25) is 19.2 Å². The molecule has 2 aromatic carbocycles. The average Bonchev–Trinajstić information content (AvgIpc) is 2.94. The van der Waals surface area contributed by atoms with Gasteiger partial charge >= 0.3 is 5.97 Å². The predicted molar refractivity (Wildman–Crippen MR) is 162 cm³/mol. The Balaban J connectivity index is 1.58. The average molecular weight is 604 g/mol. The summed E-state index contributed by atoms with van der Waals surface area (Å²) in [6.07, 6.45) is 0.396. The minimum absolute atomic E-state index is 0.0125. The number of para-hydroxylation sites is 1. The van der Waals surface area contributed by atoms with Crippen molar-refractivity contribution in [1.82, 2.24) is 4.90 Å². The molecule has 11 heteroatoms. The molecule has 0 spiro atoms. The highest BCUT2D eigenvalue weighted by Crippen LogP contribution is 2.53. The summed E-state index contributed by atoms with van der Waals surface area (Å²) in [6.45, 7) is 1.60. The van der Waals surface area contributed by atoms with Gasteiger partial charge in [-0.1, -0.05) is 18.2 Å². The smallest absolute Gasteiger partial charge is 0.311 e. The van der Waals surface area contributed by atoms with Gasteiger partial charge in [0, 0.05) is 37.3 Å². The van der Waals surface area contributed by atoms with E-state index in [0.29, 0.717) is 28.1 Å². The first kappa shape index (κ1) is 31.0. The van der Waals surface area contributed by atoms with Crippen LogP contribution in [0.15, 0.2) is 53.1 Å². The van der Waals surface area contributed by atoms with Gasteiger partial charge < -0.3 is 35.6 Å². The summed E-state index contributed by atoms with van der Waals surface area (Å²) in [4.78, 5) is 56.2. The van der Waals surface area contributed by atoms with E-state index >= 15 is 0 Å². The van der Waals surface area contributed by atoms with Crippen LogP contribution in [0.1, 0.15) is 36.5 Å². The van der Waals surface area contributed by atoms with Crippen molar-refractivity contribution in [2.75, 3.05) is 33.1 Å². The highest BCUT2D eigenvalue weighted by atomic mass is 16.5. The van der Waals surface area contributed by atoms with Crippen molar-refractivity contribution < 1.29 is 39.2 Å². The molecule has 0 aliphatic heterocycles. The number of likely N-dealkylation sites (N-methyl/N-ethyl adjacent to an activating group) is 1. The van der Waals surface area contributed by atoms with Crippen LogP contribution < -0.4 is 15.4 Å². The minimum Gasteiger partial charge on any atom is -0.507 e. The number of amides is 1. The molecule has 0 aromatic heterocycles. The Morgan fingerprint density at radius 1 is 1.07 bits per heavy atom. The van der Waals surface area contributed by atoms with Crippen LogP contribution >= 0.6 is 0 Å². The van der Waals surface area contributed by atoms with E-state index in [1.54, 1.807) is 62.3 Å². The number of anilines is 1. The van der Waals surface area contributed by atoms with E-state index in [1.165, 1.54) is 0 Å². The summed E-state index contributed by atoms with van der Waals surface area (Å²) in [7, 11) is 7.07. The first-order valence-electron chi connectivity index (χ1n) is 14.4. The number of ketones is 2. The number of hydrogen-bond donors (Lipinski definition) is 4. The van der Waals surface area contributed by atoms with E-state index in [0.717, 1.165) is 0 Å². The van der Waals surface area contributed by atoms with Crippen LogP contribution in [0.5, 0.6) is 11.5 Å². The fourth-order valence-corrected chi connectivity index (χ4v) is 7.23. The van der Waals surface area contributed by atoms with E-state index in [2.05, 4.69) is 0 Å². The highest BCUT2D eigenvalue weighted by Gasteiger charge is 2.64. The second kappa shape index (κ2) is 11.2. The molecule has 3 aliphatic rings. The van der Waals surface area contributed by atoms with Crippen LogP contribution in [-0.4, -0.2) is 83.5 Å². The molecule has 44 heavy (non-hydrogen) atoms. The molecule has 232 valence electrons. The van der Waals surface area contributed by atoms with E-state index in [9.17, 15) is 34.5 Å². The second-order valence-corrected chi connectivity index (χ2v) is 12.2. The van der Waals surface area contributed by atoms with Crippen LogP contribution in [0.4, 0.5) is 5.69 Å². The summed E-state index contributed by atoms with van der Waals surface area (Å²) < 4.78 is 5.37. The predicted octanol–water partition coefficient (Wildman–Crippen LogP) is 2.07. The topological polar surface area (TPSA) is 171 Å². The number of carbonyl (C=O) groups excluding carboxylic acids is 4. The maximum Gasteiger partial charge on any atom is 0.311 e. The van der Waals surface area contributed by atoms with Crippen molar-refractivity contribution in [3.63, 3.8) is 0 Å². The number of benzene rings is 2. The van der Waals surface area contributed by atoms with Crippen molar-refractivity contribution in [2.45, 2.75) is 44.2 Å². The van der Waals surface area contributed by atoms with E-state index in [1.807, 2.05) is 19.0 Å². The van der Waals surface area contributed by atoms with Crippen LogP contribution in [0, 0.1) is 11.8 Å². The second-order valence-electron chi connectivity index (χ2n) is 12.2. The maximum atomic E-state index is 14.2. The Labute approximate surface area is 255 Å². The number of ether oxygens (including phenoxy) is 1. The fraction of sp³-hybridized carbons (Fsp3) is 0.394. The molecule has 4 atom stereocenters. The Morgan fingerprint density at radius 3 is 2.32 bits per heavy atom. The normalized spacial score (nSPS) is 24.6. The molecule has 5 N–H and O–H groups in total. The summed E-state index contributed by atoms with van der Waals surface area (Å²) in [5.74, 6) is -5.59. The lowest BCUT2D eigenvalue weighted by molar-refractivity contribution is -0.160. The number of Topliss-reactive ketones (excluding diaryl/α,β-unsaturated/α-hetero) is 2. The number of primary amides is 1. The molecule has 1 saturated carbocycles. The molecular formula is C33H37N3O8. The van der Waals surface area contributed by atoms with Crippen LogP contribution in [0.25, 0.3) is 5.76 Å². The van der Waals surface area contributed by atoms with Crippen LogP contribution in [0.3, 0.4) is 0 Å². The number of aromatic hydroxyl groups is 1. The van der Waals surface area contributed by atoms with Gasteiger partial charge in [0.1, 0.15) is 17.3 Å². The number of fused-ring (bicyclic) bond motifs is 3. The van der Waals surface area contributed by atoms with E-state index in [4.69, 9.17) is 10.5 Å². The third-order valence-electron chi connectivity index (χ3n) is 9.13. The Bertz CT molecular complexity index is 1640. The molecule has 0 radical (unpaired) electrons. The van der Waals surface area contributed by atoms with Crippen molar-refractivity contribution >= 4 is 34.9 Å². The lowest BCUT2D eigenvalue weighted by atomic mass is 9.56. The number of nitrogens with two attached hydrogens (primary N) is 1. The van der Waals surface area contributed by atoms with Gasteiger partial charge in [0.05, 0.1) is 17.6 Å². The van der Waals surface area contributed by atoms with Crippen LogP contribution in [-0.2, 0) is 32.0 Å². The molecule has 1 amide bonds. The number of nitrogens with zero attached hydrogens (tertiary/aromatic N) is 2. The number of hydrogen-bond acceptors (Lipinski definition) is 10. The van der Waals surface area contributed by atoms with Gasteiger partial charge in [-0.15, -0.1) is 0 Å². The molecule has 0 heterocycles. The molecule has 5 rings (SSSR count). The first-order chi connectivity index (χ1) is 20.7. The van der Waals surface area contributed by atoms with E-state index < -0.39 is 58.3 Å². The quantitative estimate of drug-likeness (QED) is 0.159. The molecule has 11 nitrogen and oxygen atoms in total. The number of rotatable bonds is 7. The lowest BCUT2D eigenvalue weighted by Crippen LogP contribution is -2.66. The molecule has 0 saturated heterocycles. The number of aryl methyl sites for hydroxylation is 1. The third-order valence-corrected chi connectivity index (χ3v) is 9.13. The zero-order valence-electron chi connectivity index (χ0n) is 25.4. The molecule has 2 aromatic rings. The zero-order valence-corrected chi connectivity index (χ0v) is 25.4. The fourth-order valence-electron chi connectivity index (χ4n) is 7.23. The van der Waals surface area contributed by atoms with E-state index in [-0.39, 0.29) is 42.6 Å². The number of phenolic OH excluding ortho intramolecular Hbond substituents is 1. The number of phenols is 1. The Morgan fingerprint density at radius 2 is 1.73 bits per heavy atom. The molecule has 1 fully saturated rings. The largest absolute Gasteiger partial charge is 0.507 e. The van der Waals surface area contributed by atoms with Gasteiger partial charge in [-0.2, -0.15) is 0 Å². The lowest BCUT2D eigenvalue weighted by Gasteiger charge is -2.51. The van der Waals surface area contributed by atoms with Crippen molar-refractivity contribution in [2.24, 2.45) is 17.6 Å². The van der Waals surface area contributed by atoms with Gasteiger partial charge in [-0.25, -0.2) is 0 Å². The first-order valence-corrected chi connectivity index (χ1v) is 14.4. The molecule has 0 bridgehead atoms. The molecule has 0 unspecified atom stereocenters. The number of carbonyl (C=O) groups is 4. The van der Waals surface area contributed by atoms with Crippen molar-refractivity contribution in [1.29, 1.82) is 0 Å². The SMILES string of the molecule is CC1=C(C(N)=O)C(=O)[C@@]2(O)C(=O)C3=C(O)c4c(O)c(CCC(=O)Oc5ccccc5)cc(N(C)C)c4C[C@H]3C[C@H]2[C@@H]1N(C)C. The zero-order chi connectivity index (χ0) is 32.2. The Hall–Kier alpha value is -4.48. The summed E-state index contributed by atoms with van der Waals surface area (Å²) in [5, 5.41) is 35.0. The Kier molecular flexibility index (Phi) is 7.89. The van der Waals surface area contributed by atoms with Gasteiger partial charge in [0.15, 0.2) is 5.60 Å². The number of aliphatic hydroxyl groups is 2. The van der Waals surface area contributed by atoms with Gasteiger partial charge in [0.25, 0.3) is 5.91 Å². The van der Waals surface area contributed by atoms with Crippen LogP contribution in [0.2, 0.25) is 0 Å². The monoisotopic (exact) mass is 603 g/mol.